The quantitative estimate of drug-likeness (QED) is 0.449. The molecule has 0 spiro atoms. The van der Waals surface area contributed by atoms with Crippen LogP contribution in [0.25, 0.3) is 11.6 Å². The highest BCUT2D eigenvalue weighted by atomic mass is 32.2. The fourth-order valence-electron chi connectivity index (χ4n) is 3.16. The SMILES string of the molecule is C[C@@H](Sc1nnc(-c2ccco2)n1C)C(=O)NC(c1ccccc1)c1ccccc1. The minimum absolute atomic E-state index is 0.0692. The second-order valence-corrected chi connectivity index (χ2v) is 8.17. The molecule has 1 amide bonds. The smallest absolute Gasteiger partial charge is 0.234 e. The molecule has 30 heavy (non-hydrogen) atoms. The molecule has 0 radical (unpaired) electrons. The largest absolute Gasteiger partial charge is 0.461 e. The number of nitrogens with zero attached hydrogens (tertiary/aromatic N) is 3. The second kappa shape index (κ2) is 9.00. The number of aromatic nitrogens is 3. The first-order valence-electron chi connectivity index (χ1n) is 9.63. The molecule has 0 bridgehead atoms. The van der Waals surface area contributed by atoms with Gasteiger partial charge < -0.3 is 14.3 Å². The third-order valence-corrected chi connectivity index (χ3v) is 5.91. The Morgan fingerprint density at radius 3 is 2.17 bits per heavy atom. The van der Waals surface area contributed by atoms with E-state index in [9.17, 15) is 4.79 Å². The molecule has 0 unspecified atom stereocenters. The molecule has 0 aliphatic rings. The first-order valence-corrected chi connectivity index (χ1v) is 10.5. The van der Waals surface area contributed by atoms with Crippen molar-refractivity contribution in [3.8, 4) is 11.6 Å². The predicted octanol–water partition coefficient (Wildman–Crippen LogP) is 4.46. The maximum absolute atomic E-state index is 13.0. The zero-order valence-corrected chi connectivity index (χ0v) is 17.5. The monoisotopic (exact) mass is 418 g/mol. The summed E-state index contributed by atoms with van der Waals surface area (Å²) >= 11 is 1.36. The van der Waals surface area contributed by atoms with Crippen LogP contribution in [0, 0.1) is 0 Å². The first-order chi connectivity index (χ1) is 14.6. The Labute approximate surface area is 179 Å². The van der Waals surface area contributed by atoms with Crippen molar-refractivity contribution in [3.05, 3.63) is 90.2 Å². The normalized spacial score (nSPS) is 12.1. The fraction of sp³-hybridized carbons (Fsp3) is 0.174. The molecule has 7 heteroatoms. The molecule has 2 heterocycles. The van der Waals surface area contributed by atoms with Gasteiger partial charge in [-0.3, -0.25) is 4.79 Å². The van der Waals surface area contributed by atoms with Crippen molar-refractivity contribution >= 4 is 17.7 Å². The van der Waals surface area contributed by atoms with Crippen LogP contribution < -0.4 is 5.32 Å². The summed E-state index contributed by atoms with van der Waals surface area (Å²) < 4.78 is 7.24. The molecule has 2 aromatic heterocycles. The van der Waals surface area contributed by atoms with Crippen LogP contribution in [0.1, 0.15) is 24.1 Å². The number of hydrogen-bond acceptors (Lipinski definition) is 5. The Kier molecular flexibility index (Phi) is 5.99. The van der Waals surface area contributed by atoms with Gasteiger partial charge in [-0.25, -0.2) is 0 Å². The molecule has 1 N–H and O–H groups in total. The molecule has 4 aromatic rings. The van der Waals surface area contributed by atoms with Crippen molar-refractivity contribution in [2.24, 2.45) is 7.05 Å². The molecule has 1 atom stereocenters. The molecule has 0 fully saturated rings. The summed E-state index contributed by atoms with van der Waals surface area (Å²) in [4.78, 5) is 13.0. The van der Waals surface area contributed by atoms with Crippen LogP contribution in [0.4, 0.5) is 0 Å². The van der Waals surface area contributed by atoms with Crippen LogP contribution in [0.15, 0.2) is 88.6 Å². The number of thioether (sulfide) groups is 1. The average Bonchev–Trinajstić information content (AvgIpc) is 3.43. The minimum Gasteiger partial charge on any atom is -0.461 e. The lowest BCUT2D eigenvalue weighted by atomic mass is 9.98. The molecule has 0 saturated carbocycles. The van der Waals surface area contributed by atoms with Gasteiger partial charge in [0.1, 0.15) is 0 Å². The minimum atomic E-state index is -0.354. The Balaban J connectivity index is 1.51. The summed E-state index contributed by atoms with van der Waals surface area (Å²) in [6.07, 6.45) is 1.60. The lowest BCUT2D eigenvalue weighted by Crippen LogP contribution is -2.35. The summed E-state index contributed by atoms with van der Waals surface area (Å²) in [6.45, 7) is 1.87. The highest BCUT2D eigenvalue weighted by Gasteiger charge is 2.23. The van der Waals surface area contributed by atoms with Crippen molar-refractivity contribution in [1.29, 1.82) is 0 Å². The molecule has 152 valence electrons. The number of rotatable bonds is 7. The average molecular weight is 419 g/mol. The molecule has 6 nitrogen and oxygen atoms in total. The van der Waals surface area contributed by atoms with Gasteiger partial charge in [0, 0.05) is 7.05 Å². The summed E-state index contributed by atoms with van der Waals surface area (Å²) in [5.74, 6) is 1.20. The van der Waals surface area contributed by atoms with Gasteiger partial charge in [-0.15, -0.1) is 10.2 Å². The van der Waals surface area contributed by atoms with Crippen molar-refractivity contribution < 1.29 is 9.21 Å². The number of amides is 1. The van der Waals surface area contributed by atoms with E-state index in [1.54, 1.807) is 12.3 Å². The van der Waals surface area contributed by atoms with E-state index >= 15 is 0 Å². The standard InChI is InChI=1S/C23H22N4O2S/c1-16(30-23-26-25-21(27(23)2)19-14-9-15-29-19)22(28)24-20(17-10-5-3-6-11-17)18-12-7-4-8-13-18/h3-16,20H,1-2H3,(H,24,28)/t16-/m1/s1. The predicted molar refractivity (Wildman–Crippen MR) is 117 cm³/mol. The number of furan rings is 1. The lowest BCUT2D eigenvalue weighted by molar-refractivity contribution is -0.120. The molecule has 0 saturated heterocycles. The molecular weight excluding hydrogens is 396 g/mol. The topological polar surface area (TPSA) is 73.0 Å². The number of hydrogen-bond donors (Lipinski definition) is 1. The second-order valence-electron chi connectivity index (χ2n) is 6.87. The third kappa shape index (κ3) is 4.31. The fourth-order valence-corrected chi connectivity index (χ4v) is 3.98. The van der Waals surface area contributed by atoms with E-state index in [1.165, 1.54) is 11.8 Å². The third-order valence-electron chi connectivity index (χ3n) is 4.78. The van der Waals surface area contributed by atoms with Gasteiger partial charge in [0.05, 0.1) is 17.6 Å². The maximum atomic E-state index is 13.0. The molecule has 0 aliphatic carbocycles. The molecular formula is C23H22N4O2S. The van der Waals surface area contributed by atoms with Gasteiger partial charge in [0.2, 0.25) is 5.91 Å². The first kappa shape index (κ1) is 20.0. The van der Waals surface area contributed by atoms with Crippen LogP contribution in [0.3, 0.4) is 0 Å². The summed E-state index contributed by atoms with van der Waals surface area (Å²) in [5.41, 5.74) is 2.07. The van der Waals surface area contributed by atoms with Gasteiger partial charge in [-0.2, -0.15) is 0 Å². The van der Waals surface area contributed by atoms with E-state index in [4.69, 9.17) is 4.42 Å². The van der Waals surface area contributed by atoms with E-state index < -0.39 is 0 Å². The number of benzene rings is 2. The zero-order valence-electron chi connectivity index (χ0n) is 16.7. The van der Waals surface area contributed by atoms with Crippen molar-refractivity contribution in [3.63, 3.8) is 0 Å². The maximum Gasteiger partial charge on any atom is 0.234 e. The van der Waals surface area contributed by atoms with Gasteiger partial charge in [0.25, 0.3) is 0 Å². The van der Waals surface area contributed by atoms with E-state index in [-0.39, 0.29) is 17.2 Å². The van der Waals surface area contributed by atoms with E-state index in [1.807, 2.05) is 85.3 Å². The van der Waals surface area contributed by atoms with Gasteiger partial charge in [-0.05, 0) is 30.2 Å². The number of nitrogens with one attached hydrogen (secondary N) is 1. The van der Waals surface area contributed by atoms with E-state index in [2.05, 4.69) is 15.5 Å². The molecule has 2 aromatic carbocycles. The van der Waals surface area contributed by atoms with Crippen molar-refractivity contribution in [1.82, 2.24) is 20.1 Å². The summed E-state index contributed by atoms with van der Waals surface area (Å²) in [5, 5.41) is 11.9. The van der Waals surface area contributed by atoms with Crippen LogP contribution in [-0.4, -0.2) is 25.9 Å². The van der Waals surface area contributed by atoms with Crippen molar-refractivity contribution in [2.75, 3.05) is 0 Å². The Hall–Kier alpha value is -3.32. The van der Waals surface area contributed by atoms with Crippen LogP contribution >= 0.6 is 11.8 Å². The van der Waals surface area contributed by atoms with E-state index in [0.717, 1.165) is 11.1 Å². The molecule has 0 aliphatic heterocycles. The van der Waals surface area contributed by atoms with Crippen LogP contribution in [-0.2, 0) is 11.8 Å². The zero-order chi connectivity index (χ0) is 20.9. The van der Waals surface area contributed by atoms with Gasteiger partial charge in [-0.1, -0.05) is 72.4 Å². The van der Waals surface area contributed by atoms with Crippen molar-refractivity contribution in [2.45, 2.75) is 23.4 Å². The highest BCUT2D eigenvalue weighted by Crippen LogP contribution is 2.27. The summed E-state index contributed by atoms with van der Waals surface area (Å²) in [7, 11) is 1.86. The van der Waals surface area contributed by atoms with Gasteiger partial charge >= 0.3 is 0 Å². The number of carbonyl (C=O) groups is 1. The Bertz CT molecular complexity index is 1060. The lowest BCUT2D eigenvalue weighted by Gasteiger charge is -2.22. The summed E-state index contributed by atoms with van der Waals surface area (Å²) in [6, 6.07) is 23.4. The highest BCUT2D eigenvalue weighted by molar-refractivity contribution is 8.00. The van der Waals surface area contributed by atoms with Gasteiger partial charge in [0.15, 0.2) is 16.7 Å². The molecule has 4 rings (SSSR count). The Morgan fingerprint density at radius 2 is 1.60 bits per heavy atom. The van der Waals surface area contributed by atoms with Crippen LogP contribution in [0.5, 0.6) is 0 Å². The van der Waals surface area contributed by atoms with Crippen LogP contribution in [0.2, 0.25) is 0 Å². The van der Waals surface area contributed by atoms with E-state index in [0.29, 0.717) is 16.7 Å². The number of carbonyl (C=O) groups excluding carboxylic acids is 1. The Morgan fingerprint density at radius 1 is 0.967 bits per heavy atom.